The van der Waals surface area contributed by atoms with E-state index in [0.29, 0.717) is 16.5 Å². The van der Waals surface area contributed by atoms with E-state index in [-0.39, 0.29) is 22.9 Å². The Kier molecular flexibility index (Phi) is 5.07. The van der Waals surface area contributed by atoms with Crippen molar-refractivity contribution in [2.45, 2.75) is 42.8 Å². The van der Waals surface area contributed by atoms with E-state index < -0.39 is 6.61 Å². The van der Waals surface area contributed by atoms with Gasteiger partial charge in [0.1, 0.15) is 5.75 Å². The number of nitrogens with zero attached hydrogens (tertiary/aromatic N) is 3. The van der Waals surface area contributed by atoms with Crippen LogP contribution in [0.3, 0.4) is 0 Å². The zero-order valence-corrected chi connectivity index (χ0v) is 14.2. The SMILES string of the molecule is CC(Sc1nnc(-c2ccc(OC(F)F)cc2)n1N)C(=O)NC1CC1. The second-order valence-corrected chi connectivity index (χ2v) is 6.93. The van der Waals surface area contributed by atoms with Crippen molar-refractivity contribution in [1.82, 2.24) is 20.2 Å². The lowest BCUT2D eigenvalue weighted by molar-refractivity contribution is -0.120. The monoisotopic (exact) mass is 369 g/mol. The number of hydrogen-bond acceptors (Lipinski definition) is 6. The standard InChI is InChI=1S/C15H17F2N5O2S/c1-8(13(23)19-10-4-5-10)25-15-21-20-12(22(15)18)9-2-6-11(7-3-9)24-14(16)17/h2-3,6-8,10,14H,4-5,18H2,1H3,(H,19,23). The fourth-order valence-electron chi connectivity index (χ4n) is 2.10. The summed E-state index contributed by atoms with van der Waals surface area (Å²) < 4.78 is 29.9. The van der Waals surface area contributed by atoms with Gasteiger partial charge in [0.05, 0.1) is 5.25 Å². The molecule has 1 amide bonds. The number of carbonyl (C=O) groups excluding carboxylic acids is 1. The molecule has 1 aliphatic carbocycles. The maximum atomic E-state index is 12.2. The Morgan fingerprint density at radius 2 is 2.04 bits per heavy atom. The zero-order chi connectivity index (χ0) is 18.0. The molecular weight excluding hydrogens is 352 g/mol. The molecular formula is C15H17F2N5O2S. The van der Waals surface area contributed by atoms with Crippen LogP contribution in [0.1, 0.15) is 19.8 Å². The van der Waals surface area contributed by atoms with E-state index in [2.05, 4.69) is 20.3 Å². The largest absolute Gasteiger partial charge is 0.435 e. The van der Waals surface area contributed by atoms with Crippen molar-refractivity contribution >= 4 is 17.7 Å². The Labute approximate surface area is 146 Å². The third-order valence-corrected chi connectivity index (χ3v) is 4.63. The lowest BCUT2D eigenvalue weighted by atomic mass is 10.2. The quantitative estimate of drug-likeness (QED) is 0.573. The molecule has 0 radical (unpaired) electrons. The summed E-state index contributed by atoms with van der Waals surface area (Å²) in [7, 11) is 0. The van der Waals surface area contributed by atoms with E-state index in [9.17, 15) is 13.6 Å². The molecule has 0 spiro atoms. The van der Waals surface area contributed by atoms with Gasteiger partial charge in [0.15, 0.2) is 5.82 Å². The fourth-order valence-corrected chi connectivity index (χ4v) is 2.88. The first-order valence-electron chi connectivity index (χ1n) is 7.67. The maximum absolute atomic E-state index is 12.2. The van der Waals surface area contributed by atoms with Crippen LogP contribution in [0.15, 0.2) is 29.4 Å². The highest BCUT2D eigenvalue weighted by atomic mass is 32.2. The van der Waals surface area contributed by atoms with Crippen molar-refractivity contribution in [2.75, 3.05) is 5.84 Å². The van der Waals surface area contributed by atoms with Crippen molar-refractivity contribution in [1.29, 1.82) is 0 Å². The number of amides is 1. The van der Waals surface area contributed by atoms with E-state index in [0.717, 1.165) is 12.8 Å². The smallest absolute Gasteiger partial charge is 0.387 e. The highest BCUT2D eigenvalue weighted by molar-refractivity contribution is 8.00. The number of rotatable bonds is 7. The molecule has 1 fully saturated rings. The average molecular weight is 369 g/mol. The molecule has 1 heterocycles. The van der Waals surface area contributed by atoms with E-state index >= 15 is 0 Å². The summed E-state index contributed by atoms with van der Waals surface area (Å²) in [4.78, 5) is 12.0. The number of nitrogen functional groups attached to an aromatic ring is 1. The molecule has 0 aliphatic heterocycles. The number of nitrogens with one attached hydrogen (secondary N) is 1. The highest BCUT2D eigenvalue weighted by Gasteiger charge is 2.27. The van der Waals surface area contributed by atoms with E-state index in [4.69, 9.17) is 5.84 Å². The molecule has 1 aromatic carbocycles. The normalized spacial score (nSPS) is 15.2. The minimum Gasteiger partial charge on any atom is -0.435 e. The number of hydrogen-bond donors (Lipinski definition) is 2. The Morgan fingerprint density at radius 3 is 2.64 bits per heavy atom. The number of aromatic nitrogens is 3. The van der Waals surface area contributed by atoms with Gasteiger partial charge in [-0.3, -0.25) is 4.79 Å². The predicted octanol–water partition coefficient (Wildman–Crippen LogP) is 2.02. The Bertz CT molecular complexity index is 749. The zero-order valence-electron chi connectivity index (χ0n) is 13.4. The molecule has 0 saturated heterocycles. The molecule has 0 bridgehead atoms. The number of carbonyl (C=O) groups is 1. The van der Waals surface area contributed by atoms with E-state index in [1.807, 2.05) is 0 Å². The summed E-state index contributed by atoms with van der Waals surface area (Å²) in [6.07, 6.45) is 2.04. The summed E-state index contributed by atoms with van der Waals surface area (Å²) >= 11 is 1.20. The molecule has 134 valence electrons. The third kappa shape index (κ3) is 4.38. The Morgan fingerprint density at radius 1 is 1.36 bits per heavy atom. The number of ether oxygens (including phenoxy) is 1. The van der Waals surface area contributed by atoms with Gasteiger partial charge in [0.25, 0.3) is 0 Å². The van der Waals surface area contributed by atoms with Gasteiger partial charge in [0.2, 0.25) is 11.1 Å². The van der Waals surface area contributed by atoms with Gasteiger partial charge in [-0.05, 0) is 44.0 Å². The second-order valence-electron chi connectivity index (χ2n) is 5.62. The first-order chi connectivity index (χ1) is 11.9. The summed E-state index contributed by atoms with van der Waals surface area (Å²) in [6.45, 7) is -1.11. The lowest BCUT2D eigenvalue weighted by Crippen LogP contribution is -2.32. The number of thioether (sulfide) groups is 1. The van der Waals surface area contributed by atoms with Crippen molar-refractivity contribution in [3.63, 3.8) is 0 Å². The number of benzene rings is 1. The van der Waals surface area contributed by atoms with Crippen LogP contribution < -0.4 is 15.9 Å². The van der Waals surface area contributed by atoms with Crippen molar-refractivity contribution in [2.24, 2.45) is 0 Å². The summed E-state index contributed by atoms with van der Waals surface area (Å²) in [6, 6.07) is 6.20. The van der Waals surface area contributed by atoms with Gasteiger partial charge in [0, 0.05) is 11.6 Å². The maximum Gasteiger partial charge on any atom is 0.387 e. The highest BCUT2D eigenvalue weighted by Crippen LogP contribution is 2.27. The molecule has 3 rings (SSSR count). The van der Waals surface area contributed by atoms with E-state index in [1.54, 1.807) is 19.1 Å². The van der Waals surface area contributed by atoms with Gasteiger partial charge >= 0.3 is 6.61 Å². The van der Waals surface area contributed by atoms with Crippen LogP contribution in [0.25, 0.3) is 11.4 Å². The predicted molar refractivity (Wildman–Crippen MR) is 88.7 cm³/mol. The summed E-state index contributed by atoms with van der Waals surface area (Å²) in [5.41, 5.74) is 0.596. The molecule has 25 heavy (non-hydrogen) atoms. The molecule has 1 atom stereocenters. The van der Waals surface area contributed by atoms with Crippen molar-refractivity contribution in [3.05, 3.63) is 24.3 Å². The molecule has 7 nitrogen and oxygen atoms in total. The van der Waals surface area contributed by atoms with Crippen molar-refractivity contribution < 1.29 is 18.3 Å². The molecule has 1 unspecified atom stereocenters. The van der Waals surface area contributed by atoms with Crippen molar-refractivity contribution in [3.8, 4) is 17.1 Å². The molecule has 10 heteroatoms. The van der Waals surface area contributed by atoms with Gasteiger partial charge < -0.3 is 15.9 Å². The van der Waals surface area contributed by atoms with Crippen LogP contribution >= 0.6 is 11.8 Å². The minimum atomic E-state index is -2.88. The number of nitrogens with two attached hydrogens (primary N) is 1. The van der Waals surface area contributed by atoms with Crippen LogP contribution in [0, 0.1) is 0 Å². The van der Waals surface area contributed by atoms with Gasteiger partial charge in [-0.15, -0.1) is 10.2 Å². The van der Waals surface area contributed by atoms with Gasteiger partial charge in [-0.25, -0.2) is 4.68 Å². The Balaban J connectivity index is 1.68. The number of alkyl halides is 2. The molecule has 3 N–H and O–H groups in total. The Hall–Kier alpha value is -2.36. The first kappa shape index (κ1) is 17.5. The van der Waals surface area contributed by atoms with Crippen LogP contribution in [0.2, 0.25) is 0 Å². The second kappa shape index (κ2) is 7.26. The minimum absolute atomic E-state index is 0.0433. The average Bonchev–Trinajstić information content (AvgIpc) is 3.31. The molecule has 2 aromatic rings. The lowest BCUT2D eigenvalue weighted by Gasteiger charge is -2.11. The van der Waals surface area contributed by atoms with Gasteiger partial charge in [-0.2, -0.15) is 8.78 Å². The first-order valence-corrected chi connectivity index (χ1v) is 8.55. The third-order valence-electron chi connectivity index (χ3n) is 3.58. The van der Waals surface area contributed by atoms with Gasteiger partial charge in [-0.1, -0.05) is 11.8 Å². The molecule has 1 aliphatic rings. The summed E-state index contributed by atoms with van der Waals surface area (Å²) in [5.74, 6) is 6.35. The number of halogens is 2. The van der Waals surface area contributed by atoms with Crippen LogP contribution in [-0.4, -0.2) is 38.7 Å². The fraction of sp³-hybridized carbons (Fsp3) is 0.400. The summed E-state index contributed by atoms with van der Waals surface area (Å²) in [5, 5.41) is 11.0. The topological polar surface area (TPSA) is 95.1 Å². The molecule has 1 saturated carbocycles. The van der Waals surface area contributed by atoms with Crippen LogP contribution in [-0.2, 0) is 4.79 Å². The molecule has 1 aromatic heterocycles. The van der Waals surface area contributed by atoms with Crippen LogP contribution in [0.4, 0.5) is 8.78 Å². The van der Waals surface area contributed by atoms with Crippen LogP contribution in [0.5, 0.6) is 5.75 Å². The van der Waals surface area contributed by atoms with E-state index in [1.165, 1.54) is 28.6 Å².